The van der Waals surface area contributed by atoms with Crippen molar-refractivity contribution in [2.24, 2.45) is 0 Å². The number of rotatable bonds is 10. The minimum Gasteiger partial charge on any atom is -0.271 e. The fourth-order valence-electron chi connectivity index (χ4n) is 8.16. The first-order valence-corrected chi connectivity index (χ1v) is 17.2. The number of carbonyl (C=O) groups excluding carboxylic acids is 4. The first-order chi connectivity index (χ1) is 21.8. The number of fused-ring (bicyclic) bond motifs is 2. The predicted octanol–water partition coefficient (Wildman–Crippen LogP) is 9.63. The Hall–Kier alpha value is -3.84. The van der Waals surface area contributed by atoms with Crippen molar-refractivity contribution in [3.8, 4) is 0 Å². The maximum absolute atomic E-state index is 14.1. The molecule has 230 valence electrons. The van der Waals surface area contributed by atoms with E-state index in [2.05, 4.69) is 43.6 Å². The van der Waals surface area contributed by atoms with E-state index >= 15 is 0 Å². The number of amides is 4. The van der Waals surface area contributed by atoms with E-state index in [1.807, 2.05) is 42.5 Å². The number of benzene rings is 5. The number of halogens is 1. The molecule has 45 heavy (non-hydrogen) atoms. The van der Waals surface area contributed by atoms with Gasteiger partial charge in [0.05, 0.1) is 0 Å². The molecule has 2 aliphatic rings. The summed E-state index contributed by atoms with van der Waals surface area (Å²) in [6.45, 7) is 8.33. The third kappa shape index (κ3) is 4.12. The van der Waals surface area contributed by atoms with E-state index in [0.717, 1.165) is 88.2 Å². The van der Waals surface area contributed by atoms with Gasteiger partial charge in [-0.15, -0.1) is 0 Å². The lowest BCUT2D eigenvalue weighted by atomic mass is 9.81. The number of hydrogen-bond donors (Lipinski definition) is 0. The molecule has 5 aromatic carbocycles. The van der Waals surface area contributed by atoms with Crippen LogP contribution in [0.5, 0.6) is 0 Å². The molecule has 0 spiro atoms. The summed E-state index contributed by atoms with van der Waals surface area (Å²) in [5.74, 6) is -0.948. The second kappa shape index (κ2) is 11.2. The first kappa shape index (κ1) is 29.8. The molecule has 7 heteroatoms. The highest BCUT2D eigenvalue weighted by molar-refractivity contribution is 9.10. The average Bonchev–Trinajstić information content (AvgIpc) is 3.02. The van der Waals surface area contributed by atoms with E-state index in [0.29, 0.717) is 33.0 Å². The van der Waals surface area contributed by atoms with Crippen molar-refractivity contribution in [3.05, 3.63) is 69.2 Å². The van der Waals surface area contributed by atoms with E-state index < -0.39 is 0 Å². The molecule has 0 aromatic heterocycles. The van der Waals surface area contributed by atoms with Gasteiger partial charge in [0, 0.05) is 60.4 Å². The molecule has 5 aromatic rings. The Morgan fingerprint density at radius 1 is 0.489 bits per heavy atom. The summed E-state index contributed by atoms with van der Waals surface area (Å²) in [5, 5.41) is 6.66. The zero-order chi connectivity index (χ0) is 31.7. The van der Waals surface area contributed by atoms with Gasteiger partial charge in [-0.1, -0.05) is 87.5 Å². The summed E-state index contributed by atoms with van der Waals surface area (Å²) in [4.78, 5) is 59.2. The topological polar surface area (TPSA) is 74.8 Å². The molecule has 0 saturated heterocycles. The van der Waals surface area contributed by atoms with Crippen LogP contribution in [-0.4, -0.2) is 45.5 Å². The molecule has 0 bridgehead atoms. The lowest BCUT2D eigenvalue weighted by Gasteiger charge is -2.35. The highest BCUT2D eigenvalue weighted by Gasteiger charge is 2.40. The SMILES string of the molecule is CCCC(CCC)N1C(=O)c2ccc3c4ccc5c6c(cc(Br)c(c7ccc(c2c37)C1=O)c64)C(=O)N(C(CCC)CCC)C5=O. The molecular formula is C38H37BrN2O4. The summed E-state index contributed by atoms with van der Waals surface area (Å²) < 4.78 is 0.751. The number of nitrogens with zero attached hydrogens (tertiary/aromatic N) is 2. The van der Waals surface area contributed by atoms with E-state index in [4.69, 9.17) is 0 Å². The van der Waals surface area contributed by atoms with Crippen molar-refractivity contribution in [2.75, 3.05) is 0 Å². The van der Waals surface area contributed by atoms with Gasteiger partial charge in [-0.05, 0) is 71.5 Å². The lowest BCUT2D eigenvalue weighted by molar-refractivity contribution is 0.0505. The van der Waals surface area contributed by atoms with Crippen LogP contribution in [0.15, 0.2) is 46.9 Å². The van der Waals surface area contributed by atoms with E-state index in [9.17, 15) is 19.2 Å². The van der Waals surface area contributed by atoms with Crippen molar-refractivity contribution in [3.63, 3.8) is 0 Å². The first-order valence-electron chi connectivity index (χ1n) is 16.4. The van der Waals surface area contributed by atoms with Crippen LogP contribution in [0.2, 0.25) is 0 Å². The van der Waals surface area contributed by atoms with Gasteiger partial charge in [-0.3, -0.25) is 29.0 Å². The number of imide groups is 2. The lowest BCUT2D eigenvalue weighted by Crippen LogP contribution is -2.47. The third-order valence-electron chi connectivity index (χ3n) is 9.97. The Kier molecular flexibility index (Phi) is 7.43. The maximum atomic E-state index is 14.1. The van der Waals surface area contributed by atoms with Crippen LogP contribution in [0.4, 0.5) is 0 Å². The molecule has 2 heterocycles. The molecule has 0 unspecified atom stereocenters. The van der Waals surface area contributed by atoms with E-state index in [1.165, 1.54) is 9.80 Å². The molecule has 4 amide bonds. The van der Waals surface area contributed by atoms with Gasteiger partial charge in [0.25, 0.3) is 23.6 Å². The van der Waals surface area contributed by atoms with Gasteiger partial charge in [0.1, 0.15) is 0 Å². The van der Waals surface area contributed by atoms with Gasteiger partial charge in [-0.2, -0.15) is 0 Å². The predicted molar refractivity (Wildman–Crippen MR) is 184 cm³/mol. The average molecular weight is 666 g/mol. The molecule has 0 fully saturated rings. The van der Waals surface area contributed by atoms with Crippen LogP contribution in [0.3, 0.4) is 0 Å². The van der Waals surface area contributed by atoms with Gasteiger partial charge < -0.3 is 0 Å². The van der Waals surface area contributed by atoms with E-state index in [-0.39, 0.29) is 35.7 Å². The zero-order valence-electron chi connectivity index (χ0n) is 26.3. The van der Waals surface area contributed by atoms with Crippen LogP contribution in [-0.2, 0) is 0 Å². The zero-order valence-corrected chi connectivity index (χ0v) is 27.8. The molecule has 6 nitrogen and oxygen atoms in total. The molecule has 0 atom stereocenters. The highest BCUT2D eigenvalue weighted by atomic mass is 79.9. The van der Waals surface area contributed by atoms with Crippen molar-refractivity contribution in [1.29, 1.82) is 0 Å². The standard InChI is InChI=1S/C38H37BrN2O4/c1-5-9-20(10-6-2)40-35(42)25-16-13-22-23-14-17-27-32-28(38(45)41(37(27)44)21(11-7-3)12-8-4)19-29(39)33(34(23)32)24-15-18-26(36(40)43)31(25)30(22)24/h13-21H,5-12H2,1-4H3. The molecule has 0 saturated carbocycles. The Bertz CT molecular complexity index is 2050. The Morgan fingerprint density at radius 2 is 0.867 bits per heavy atom. The highest BCUT2D eigenvalue weighted by Crippen LogP contribution is 2.49. The smallest absolute Gasteiger partial charge is 0.261 e. The minimum absolute atomic E-state index is 0.134. The van der Waals surface area contributed by atoms with E-state index in [1.54, 1.807) is 0 Å². The van der Waals surface area contributed by atoms with Crippen molar-refractivity contribution < 1.29 is 19.2 Å². The van der Waals surface area contributed by atoms with Crippen molar-refractivity contribution in [1.82, 2.24) is 9.80 Å². The van der Waals surface area contributed by atoms with Crippen LogP contribution < -0.4 is 0 Å². The number of hydrogen-bond acceptors (Lipinski definition) is 4. The summed E-state index contributed by atoms with van der Waals surface area (Å²) in [6, 6.07) is 13.1. The maximum Gasteiger partial charge on any atom is 0.261 e. The third-order valence-corrected chi connectivity index (χ3v) is 10.6. The second-order valence-corrected chi connectivity index (χ2v) is 13.5. The minimum atomic E-state index is -0.246. The fraction of sp³-hybridized carbons (Fsp3) is 0.368. The molecule has 0 aliphatic carbocycles. The summed E-state index contributed by atoms with van der Waals surface area (Å²) in [5.41, 5.74) is 2.17. The normalized spacial score (nSPS) is 15.1. The summed E-state index contributed by atoms with van der Waals surface area (Å²) in [6.07, 6.45) is 6.65. The summed E-state index contributed by atoms with van der Waals surface area (Å²) >= 11 is 3.82. The monoisotopic (exact) mass is 664 g/mol. The van der Waals surface area contributed by atoms with Crippen molar-refractivity contribution >= 4 is 82.6 Å². The Labute approximate surface area is 271 Å². The molecule has 0 N–H and O–H groups in total. The van der Waals surface area contributed by atoms with Gasteiger partial charge in [-0.25, -0.2) is 0 Å². The Balaban J connectivity index is 1.51. The quantitative estimate of drug-likeness (QED) is 0.0846. The second-order valence-electron chi connectivity index (χ2n) is 12.7. The van der Waals surface area contributed by atoms with Gasteiger partial charge >= 0.3 is 0 Å². The summed E-state index contributed by atoms with van der Waals surface area (Å²) in [7, 11) is 0. The van der Waals surface area contributed by atoms with Gasteiger partial charge in [0.15, 0.2) is 0 Å². The molecular weight excluding hydrogens is 628 g/mol. The van der Waals surface area contributed by atoms with Crippen molar-refractivity contribution in [2.45, 2.75) is 91.1 Å². The van der Waals surface area contributed by atoms with Crippen LogP contribution in [0, 0.1) is 0 Å². The largest absolute Gasteiger partial charge is 0.271 e. The number of carbonyl (C=O) groups is 4. The molecule has 7 rings (SSSR count). The fourth-order valence-corrected chi connectivity index (χ4v) is 8.80. The molecule has 2 aliphatic heterocycles. The van der Waals surface area contributed by atoms with Crippen LogP contribution >= 0.6 is 15.9 Å². The van der Waals surface area contributed by atoms with Gasteiger partial charge in [0.2, 0.25) is 0 Å². The molecule has 0 radical (unpaired) electrons. The van der Waals surface area contributed by atoms with Crippen LogP contribution in [0.1, 0.15) is 120 Å². The van der Waals surface area contributed by atoms with Crippen LogP contribution in [0.25, 0.3) is 43.1 Å². The Morgan fingerprint density at radius 3 is 1.31 bits per heavy atom.